The lowest BCUT2D eigenvalue weighted by atomic mass is 9.79. The Morgan fingerprint density at radius 3 is 2.32 bits per heavy atom. The molecular weight excluding hydrogens is 284 g/mol. The molecule has 1 aromatic heterocycles. The van der Waals surface area contributed by atoms with E-state index in [1.165, 1.54) is 0 Å². The van der Waals surface area contributed by atoms with E-state index in [9.17, 15) is 9.59 Å². The molecule has 2 rings (SSSR count). The molecule has 1 saturated heterocycles. The van der Waals surface area contributed by atoms with Crippen LogP contribution in [0.2, 0.25) is 0 Å². The van der Waals surface area contributed by atoms with Crippen LogP contribution in [-0.2, 0) is 9.59 Å². The predicted octanol–water partition coefficient (Wildman–Crippen LogP) is 1.35. The Kier molecular flexibility index (Phi) is 4.28. The van der Waals surface area contributed by atoms with E-state index in [1.807, 2.05) is 0 Å². The average Bonchev–Trinajstić information content (AvgIpc) is 2.70. The van der Waals surface area contributed by atoms with Gasteiger partial charge < -0.3 is 15.2 Å². The molecular formula is C15H24N4O3. The molecule has 1 aliphatic heterocycles. The van der Waals surface area contributed by atoms with Gasteiger partial charge in [-0.1, -0.05) is 5.16 Å². The second kappa shape index (κ2) is 5.72. The van der Waals surface area contributed by atoms with Crippen LogP contribution in [0.25, 0.3) is 0 Å². The third-order valence-electron chi connectivity index (χ3n) is 3.60. The summed E-state index contributed by atoms with van der Waals surface area (Å²) in [5.41, 5.74) is -0.196. The van der Waals surface area contributed by atoms with Crippen molar-refractivity contribution >= 4 is 17.6 Å². The normalized spacial score (nSPS) is 20.4. The Morgan fingerprint density at radius 2 is 1.82 bits per heavy atom. The third kappa shape index (κ3) is 4.30. The Labute approximate surface area is 130 Å². The molecule has 7 nitrogen and oxygen atoms in total. The number of anilines is 1. The fourth-order valence-electron chi connectivity index (χ4n) is 3.27. The maximum absolute atomic E-state index is 12.0. The molecule has 0 unspecified atom stereocenters. The van der Waals surface area contributed by atoms with Gasteiger partial charge in [0.1, 0.15) is 5.76 Å². The number of carbonyl (C=O) groups excluding carboxylic acids is 2. The van der Waals surface area contributed by atoms with E-state index >= 15 is 0 Å². The molecule has 2 amide bonds. The van der Waals surface area contributed by atoms with Crippen molar-refractivity contribution in [3.05, 3.63) is 11.8 Å². The number of nitrogens with zero attached hydrogens (tertiary/aromatic N) is 1. The van der Waals surface area contributed by atoms with Crippen molar-refractivity contribution < 1.29 is 14.1 Å². The van der Waals surface area contributed by atoms with Crippen LogP contribution in [0.5, 0.6) is 0 Å². The lowest BCUT2D eigenvalue weighted by Crippen LogP contribution is -2.62. The number of aromatic nitrogens is 1. The summed E-state index contributed by atoms with van der Waals surface area (Å²) in [5.74, 6) is -0.581. The molecule has 22 heavy (non-hydrogen) atoms. The Balaban J connectivity index is 1.94. The van der Waals surface area contributed by atoms with Crippen molar-refractivity contribution in [1.82, 2.24) is 15.8 Å². The molecule has 0 atom stereocenters. The van der Waals surface area contributed by atoms with Gasteiger partial charge >= 0.3 is 11.8 Å². The first-order chi connectivity index (χ1) is 10.1. The van der Waals surface area contributed by atoms with Gasteiger partial charge in [-0.15, -0.1) is 0 Å². The second-order valence-corrected chi connectivity index (χ2v) is 7.25. The minimum atomic E-state index is -0.734. The number of piperidine rings is 1. The number of hydrogen-bond donors (Lipinski definition) is 3. The van der Waals surface area contributed by atoms with E-state index in [0.717, 1.165) is 12.8 Å². The largest absolute Gasteiger partial charge is 0.360 e. The predicted molar refractivity (Wildman–Crippen MR) is 82.3 cm³/mol. The molecule has 1 aliphatic rings. The molecule has 0 spiro atoms. The first-order valence-corrected chi connectivity index (χ1v) is 7.41. The van der Waals surface area contributed by atoms with Crippen molar-refractivity contribution in [3.8, 4) is 0 Å². The van der Waals surface area contributed by atoms with E-state index in [0.29, 0.717) is 5.76 Å². The SMILES string of the molecule is Cc1cc(NC(=O)C(=O)NC2CC(C)(C)NC(C)(C)C2)no1. The van der Waals surface area contributed by atoms with E-state index in [-0.39, 0.29) is 22.9 Å². The zero-order valence-electron chi connectivity index (χ0n) is 13.7. The highest BCUT2D eigenvalue weighted by Crippen LogP contribution is 2.28. The van der Waals surface area contributed by atoms with Gasteiger partial charge in [-0.3, -0.25) is 14.9 Å². The maximum Gasteiger partial charge on any atom is 0.314 e. The summed E-state index contributed by atoms with van der Waals surface area (Å²) in [6, 6.07) is 1.51. The van der Waals surface area contributed by atoms with Gasteiger partial charge in [0, 0.05) is 23.2 Å². The zero-order chi connectivity index (χ0) is 16.5. The zero-order valence-corrected chi connectivity index (χ0v) is 13.7. The Bertz CT molecular complexity index is 561. The van der Waals surface area contributed by atoms with E-state index in [1.54, 1.807) is 13.0 Å². The van der Waals surface area contributed by atoms with Crippen molar-refractivity contribution in [2.45, 2.75) is 64.6 Å². The van der Waals surface area contributed by atoms with E-state index in [4.69, 9.17) is 4.52 Å². The number of nitrogens with one attached hydrogen (secondary N) is 3. The van der Waals surface area contributed by atoms with Crippen LogP contribution in [0.3, 0.4) is 0 Å². The number of hydrogen-bond acceptors (Lipinski definition) is 5. The van der Waals surface area contributed by atoms with Crippen LogP contribution in [-0.4, -0.2) is 34.1 Å². The Hall–Kier alpha value is -1.89. The highest BCUT2D eigenvalue weighted by molar-refractivity contribution is 6.39. The van der Waals surface area contributed by atoms with Crippen LogP contribution >= 0.6 is 0 Å². The number of rotatable bonds is 2. The summed E-state index contributed by atoms with van der Waals surface area (Å²) in [6.45, 7) is 10.1. The molecule has 0 radical (unpaired) electrons. The van der Waals surface area contributed by atoms with E-state index < -0.39 is 11.8 Å². The van der Waals surface area contributed by atoms with Crippen LogP contribution in [0.4, 0.5) is 5.82 Å². The number of aryl methyl sites for hydroxylation is 1. The highest BCUT2D eigenvalue weighted by atomic mass is 16.5. The van der Waals surface area contributed by atoms with Crippen molar-refractivity contribution in [3.63, 3.8) is 0 Å². The topological polar surface area (TPSA) is 96.3 Å². The second-order valence-electron chi connectivity index (χ2n) is 7.25. The molecule has 1 aromatic rings. The van der Waals surface area contributed by atoms with Gasteiger partial charge in [0.25, 0.3) is 0 Å². The molecule has 0 aromatic carbocycles. The summed E-state index contributed by atoms with van der Waals surface area (Å²) in [6.07, 6.45) is 1.52. The smallest absolute Gasteiger partial charge is 0.314 e. The molecule has 7 heteroatoms. The summed E-state index contributed by atoms with van der Waals surface area (Å²) in [7, 11) is 0. The highest BCUT2D eigenvalue weighted by Gasteiger charge is 2.38. The summed E-state index contributed by atoms with van der Waals surface area (Å²) in [4.78, 5) is 23.9. The number of amides is 2. The first kappa shape index (κ1) is 16.5. The molecule has 122 valence electrons. The first-order valence-electron chi connectivity index (χ1n) is 7.41. The van der Waals surface area contributed by atoms with Crippen LogP contribution in [0.15, 0.2) is 10.6 Å². The monoisotopic (exact) mass is 308 g/mol. The summed E-state index contributed by atoms with van der Waals surface area (Å²) >= 11 is 0. The molecule has 3 N–H and O–H groups in total. The van der Waals surface area contributed by atoms with Gasteiger partial charge in [-0.2, -0.15) is 0 Å². The quantitative estimate of drug-likeness (QED) is 0.717. The van der Waals surface area contributed by atoms with Gasteiger partial charge in [0.2, 0.25) is 0 Å². The lowest BCUT2D eigenvalue weighted by Gasteiger charge is -2.46. The fourth-order valence-corrected chi connectivity index (χ4v) is 3.27. The lowest BCUT2D eigenvalue weighted by molar-refractivity contribution is -0.137. The maximum atomic E-state index is 12.0. The molecule has 0 aliphatic carbocycles. The van der Waals surface area contributed by atoms with Gasteiger partial charge in [-0.05, 0) is 47.5 Å². The van der Waals surface area contributed by atoms with Crippen LogP contribution < -0.4 is 16.0 Å². The number of carbonyl (C=O) groups is 2. The standard InChI is InChI=1S/C15H24N4O3/c1-9-6-11(18-22-9)17-13(21)12(20)16-10-7-14(2,3)19-15(4,5)8-10/h6,10,19H,7-8H2,1-5H3,(H,16,20)(H,17,18,21). The summed E-state index contributed by atoms with van der Waals surface area (Å²) < 4.78 is 4.84. The van der Waals surface area contributed by atoms with Crippen LogP contribution in [0.1, 0.15) is 46.3 Å². The van der Waals surface area contributed by atoms with Gasteiger partial charge in [0.05, 0.1) is 0 Å². The third-order valence-corrected chi connectivity index (χ3v) is 3.60. The van der Waals surface area contributed by atoms with Crippen molar-refractivity contribution in [2.75, 3.05) is 5.32 Å². The van der Waals surface area contributed by atoms with Crippen molar-refractivity contribution in [2.24, 2.45) is 0 Å². The Morgan fingerprint density at radius 1 is 1.23 bits per heavy atom. The molecule has 2 heterocycles. The molecule has 0 saturated carbocycles. The molecule has 0 bridgehead atoms. The van der Waals surface area contributed by atoms with Crippen molar-refractivity contribution in [1.29, 1.82) is 0 Å². The minimum absolute atomic E-state index is 0.0523. The minimum Gasteiger partial charge on any atom is -0.360 e. The van der Waals surface area contributed by atoms with Gasteiger partial charge in [-0.25, -0.2) is 0 Å². The molecule has 1 fully saturated rings. The van der Waals surface area contributed by atoms with E-state index in [2.05, 4.69) is 48.8 Å². The van der Waals surface area contributed by atoms with Gasteiger partial charge in [0.15, 0.2) is 5.82 Å². The van der Waals surface area contributed by atoms with Crippen LogP contribution in [0, 0.1) is 6.92 Å². The fraction of sp³-hybridized carbons (Fsp3) is 0.667. The average molecular weight is 308 g/mol. The summed E-state index contributed by atoms with van der Waals surface area (Å²) in [5, 5.41) is 12.4.